The predicted molar refractivity (Wildman–Crippen MR) is 104 cm³/mol. The Labute approximate surface area is 160 Å². The third-order valence-corrected chi connectivity index (χ3v) is 5.51. The normalized spacial score (nSPS) is 18.1. The molecule has 4 nitrogen and oxygen atoms in total. The summed E-state index contributed by atoms with van der Waals surface area (Å²) >= 11 is 7.26. The van der Waals surface area contributed by atoms with E-state index in [4.69, 9.17) is 11.6 Å². The fourth-order valence-corrected chi connectivity index (χ4v) is 3.91. The molecule has 1 heterocycles. The molecule has 1 N–H and O–H groups in total. The quantitative estimate of drug-likeness (QED) is 0.780. The van der Waals surface area contributed by atoms with Crippen LogP contribution >= 0.6 is 23.4 Å². The zero-order valence-corrected chi connectivity index (χ0v) is 15.9. The number of hydrogen-bond donors (Lipinski definition) is 1. The molecule has 1 fully saturated rings. The van der Waals surface area contributed by atoms with Gasteiger partial charge < -0.3 is 5.32 Å². The van der Waals surface area contributed by atoms with Gasteiger partial charge >= 0.3 is 0 Å². The minimum absolute atomic E-state index is 0.0768. The number of benzene rings is 2. The number of nitrogens with one attached hydrogen (secondary N) is 1. The van der Waals surface area contributed by atoms with E-state index in [1.54, 1.807) is 43.0 Å². The number of hydrogen-bond acceptors (Lipinski definition) is 3. The van der Waals surface area contributed by atoms with E-state index < -0.39 is 5.38 Å². The molecule has 136 valence electrons. The smallest absolute Gasteiger partial charge is 0.242 e. The molecule has 0 unspecified atom stereocenters. The molecule has 0 aliphatic carbocycles. The average Bonchev–Trinajstić information content (AvgIpc) is 2.99. The number of nitrogens with zero attached hydrogens (tertiary/aromatic N) is 1. The molecule has 2 aromatic rings. The van der Waals surface area contributed by atoms with Crippen molar-refractivity contribution in [2.75, 3.05) is 16.0 Å². The van der Waals surface area contributed by atoms with Crippen molar-refractivity contribution >= 4 is 46.6 Å². The third-order valence-electron chi connectivity index (χ3n) is 4.10. The summed E-state index contributed by atoms with van der Waals surface area (Å²) in [6.45, 7) is 3.28. The molecule has 2 atom stereocenters. The number of carbonyl (C=O) groups excluding carboxylic acids is 2. The van der Waals surface area contributed by atoms with Gasteiger partial charge in [-0.25, -0.2) is 4.39 Å². The number of amides is 2. The lowest BCUT2D eigenvalue weighted by atomic mass is 10.1. The van der Waals surface area contributed by atoms with Crippen molar-refractivity contribution in [2.24, 2.45) is 0 Å². The Bertz CT molecular complexity index is 859. The van der Waals surface area contributed by atoms with E-state index >= 15 is 0 Å². The molecule has 0 aromatic heterocycles. The summed E-state index contributed by atoms with van der Waals surface area (Å²) in [5, 5.41) is 1.82. The van der Waals surface area contributed by atoms with E-state index in [0.29, 0.717) is 22.7 Å². The first kappa shape index (κ1) is 18.7. The van der Waals surface area contributed by atoms with Crippen LogP contribution in [0, 0.1) is 12.7 Å². The molecule has 0 spiro atoms. The van der Waals surface area contributed by atoms with E-state index in [-0.39, 0.29) is 23.0 Å². The first-order chi connectivity index (χ1) is 12.4. The number of alkyl halides is 1. The summed E-state index contributed by atoms with van der Waals surface area (Å²) in [6.07, 6.45) is 0. The van der Waals surface area contributed by atoms with Crippen LogP contribution in [-0.2, 0) is 9.59 Å². The summed E-state index contributed by atoms with van der Waals surface area (Å²) in [6, 6.07) is 12.1. The van der Waals surface area contributed by atoms with E-state index in [1.807, 2.05) is 12.1 Å². The number of aryl methyl sites for hydroxylation is 1. The van der Waals surface area contributed by atoms with Crippen LogP contribution in [0.4, 0.5) is 15.8 Å². The summed E-state index contributed by atoms with van der Waals surface area (Å²) < 4.78 is 14.0. The summed E-state index contributed by atoms with van der Waals surface area (Å²) in [4.78, 5) is 25.8. The summed E-state index contributed by atoms with van der Waals surface area (Å²) in [5.74, 6) is -0.401. The molecule has 0 bridgehead atoms. The molecule has 3 rings (SSSR count). The minimum atomic E-state index is -0.645. The minimum Gasteiger partial charge on any atom is -0.325 e. The molecule has 26 heavy (non-hydrogen) atoms. The maximum Gasteiger partial charge on any atom is 0.242 e. The fraction of sp³-hybridized carbons (Fsp3) is 0.263. The van der Waals surface area contributed by atoms with E-state index in [1.165, 1.54) is 17.8 Å². The lowest BCUT2D eigenvalue weighted by molar-refractivity contribution is -0.116. The van der Waals surface area contributed by atoms with Crippen LogP contribution in [-0.4, -0.2) is 22.9 Å². The Kier molecular flexibility index (Phi) is 5.53. The van der Waals surface area contributed by atoms with Crippen molar-refractivity contribution in [3.05, 3.63) is 59.4 Å². The predicted octanol–water partition coefficient (Wildman–Crippen LogP) is 4.48. The maximum atomic E-state index is 14.0. The van der Waals surface area contributed by atoms with Gasteiger partial charge in [0.1, 0.15) is 16.6 Å². The monoisotopic (exact) mass is 392 g/mol. The van der Waals surface area contributed by atoms with E-state index in [9.17, 15) is 14.0 Å². The van der Waals surface area contributed by atoms with Crippen molar-refractivity contribution < 1.29 is 14.0 Å². The molecule has 2 amide bonds. The molecule has 0 radical (unpaired) electrons. The second kappa shape index (κ2) is 7.68. The Morgan fingerprint density at radius 3 is 2.81 bits per heavy atom. The molecule has 1 saturated heterocycles. The van der Waals surface area contributed by atoms with Gasteiger partial charge in [0.25, 0.3) is 0 Å². The highest BCUT2D eigenvalue weighted by atomic mass is 35.5. The second-order valence-corrected chi connectivity index (χ2v) is 7.81. The summed E-state index contributed by atoms with van der Waals surface area (Å²) in [5.41, 5.74) is 2.51. The zero-order chi connectivity index (χ0) is 18.8. The number of halogens is 2. The Morgan fingerprint density at radius 1 is 1.35 bits per heavy atom. The number of thioether (sulfide) groups is 1. The Morgan fingerprint density at radius 2 is 2.12 bits per heavy atom. The largest absolute Gasteiger partial charge is 0.325 e. The standard InChI is InChI=1S/C19H18ClFN2O2S/c1-11-6-7-15(9-16(11)21)23-17(24)10-26-19(23)13-4-3-5-14(8-13)22-18(25)12(2)20/h3-9,12,19H,10H2,1-2H3,(H,22,25)/t12-,19-/m0/s1. The van der Waals surface area contributed by atoms with Crippen LogP contribution in [0.15, 0.2) is 42.5 Å². The van der Waals surface area contributed by atoms with Gasteiger partial charge in [-0.1, -0.05) is 18.2 Å². The van der Waals surface area contributed by atoms with Crippen molar-refractivity contribution in [3.8, 4) is 0 Å². The van der Waals surface area contributed by atoms with Crippen molar-refractivity contribution in [3.63, 3.8) is 0 Å². The van der Waals surface area contributed by atoms with Gasteiger partial charge in [-0.15, -0.1) is 23.4 Å². The maximum absolute atomic E-state index is 14.0. The van der Waals surface area contributed by atoms with Gasteiger partial charge in [-0.2, -0.15) is 0 Å². The summed E-state index contributed by atoms with van der Waals surface area (Å²) in [7, 11) is 0. The van der Waals surface area contributed by atoms with Crippen LogP contribution in [0.1, 0.15) is 23.4 Å². The van der Waals surface area contributed by atoms with Crippen LogP contribution in [0.5, 0.6) is 0 Å². The SMILES string of the molecule is Cc1ccc(N2C(=O)CS[C@H]2c2cccc(NC(=O)[C@H](C)Cl)c2)cc1F. The molecular weight excluding hydrogens is 375 g/mol. The van der Waals surface area contributed by atoms with Gasteiger partial charge in [0.05, 0.1) is 5.75 Å². The first-order valence-corrected chi connectivity index (χ1v) is 9.60. The van der Waals surface area contributed by atoms with Crippen LogP contribution < -0.4 is 10.2 Å². The van der Waals surface area contributed by atoms with Crippen LogP contribution in [0.3, 0.4) is 0 Å². The highest BCUT2D eigenvalue weighted by Gasteiger charge is 2.34. The highest BCUT2D eigenvalue weighted by Crippen LogP contribution is 2.42. The van der Waals surface area contributed by atoms with Gasteiger partial charge in [0, 0.05) is 11.4 Å². The highest BCUT2D eigenvalue weighted by molar-refractivity contribution is 8.00. The number of anilines is 2. The molecule has 1 aliphatic heterocycles. The fourth-order valence-electron chi connectivity index (χ4n) is 2.69. The lowest BCUT2D eigenvalue weighted by Gasteiger charge is -2.25. The average molecular weight is 393 g/mol. The van der Waals surface area contributed by atoms with Crippen LogP contribution in [0.25, 0.3) is 0 Å². The van der Waals surface area contributed by atoms with Crippen molar-refractivity contribution in [1.29, 1.82) is 0 Å². The lowest BCUT2D eigenvalue weighted by Crippen LogP contribution is -2.28. The molecule has 7 heteroatoms. The molecule has 2 aromatic carbocycles. The Hall–Kier alpha value is -2.05. The number of rotatable bonds is 4. The topological polar surface area (TPSA) is 49.4 Å². The van der Waals surface area contributed by atoms with Crippen molar-refractivity contribution in [1.82, 2.24) is 0 Å². The van der Waals surface area contributed by atoms with Gasteiger partial charge in [-0.3, -0.25) is 14.5 Å². The zero-order valence-electron chi connectivity index (χ0n) is 14.3. The Balaban J connectivity index is 1.91. The van der Waals surface area contributed by atoms with Gasteiger partial charge in [-0.05, 0) is 49.2 Å². The third kappa shape index (κ3) is 3.86. The molecule has 1 aliphatic rings. The van der Waals surface area contributed by atoms with E-state index in [2.05, 4.69) is 5.32 Å². The molecule has 0 saturated carbocycles. The first-order valence-electron chi connectivity index (χ1n) is 8.11. The molecular formula is C19H18ClFN2O2S. The number of carbonyl (C=O) groups is 2. The van der Waals surface area contributed by atoms with Crippen molar-refractivity contribution in [2.45, 2.75) is 24.6 Å². The second-order valence-electron chi connectivity index (χ2n) is 6.09. The van der Waals surface area contributed by atoms with Crippen LogP contribution in [0.2, 0.25) is 0 Å². The van der Waals surface area contributed by atoms with Gasteiger partial charge in [0.15, 0.2) is 0 Å². The van der Waals surface area contributed by atoms with Gasteiger partial charge in [0.2, 0.25) is 11.8 Å². The van der Waals surface area contributed by atoms with E-state index in [0.717, 1.165) is 5.56 Å².